The second-order valence-corrected chi connectivity index (χ2v) is 4.11. The van der Waals surface area contributed by atoms with Crippen LogP contribution in [-0.4, -0.2) is 9.48 Å². The zero-order chi connectivity index (χ0) is 12.4. The van der Waals surface area contributed by atoms with Gasteiger partial charge in [0.25, 0.3) is 0 Å². The van der Waals surface area contributed by atoms with E-state index >= 15 is 0 Å². The van der Waals surface area contributed by atoms with E-state index in [4.69, 9.17) is 11.0 Å². The summed E-state index contributed by atoms with van der Waals surface area (Å²) in [6.45, 7) is 0.246. The molecule has 3 N–H and O–H groups in total. The van der Waals surface area contributed by atoms with E-state index in [0.717, 1.165) is 11.5 Å². The van der Waals surface area contributed by atoms with Gasteiger partial charge in [0.2, 0.25) is 5.88 Å². The molecule has 0 atom stereocenters. The second-order valence-electron chi connectivity index (χ2n) is 3.34. The molecule has 0 aliphatic rings. The smallest absolute Gasteiger partial charge is 0.241 e. The van der Waals surface area contributed by atoms with E-state index in [9.17, 15) is 9.50 Å². The Morgan fingerprint density at radius 3 is 2.88 bits per heavy atom. The quantitative estimate of drug-likeness (QED) is 0.852. The minimum atomic E-state index is -0.479. The van der Waals surface area contributed by atoms with Gasteiger partial charge in [-0.3, -0.25) is 0 Å². The largest absolute Gasteiger partial charge is 0.492 e. The van der Waals surface area contributed by atoms with Crippen LogP contribution >= 0.6 is 11.5 Å². The van der Waals surface area contributed by atoms with E-state index in [1.165, 1.54) is 12.1 Å². The van der Waals surface area contributed by atoms with Crippen molar-refractivity contribution in [3.05, 3.63) is 35.1 Å². The SMILES string of the molecule is N#Cc1c(O)nsc1-c1ccc(CN)cc1F. The molecule has 4 nitrogen and oxygen atoms in total. The van der Waals surface area contributed by atoms with Crippen LogP contribution in [0.2, 0.25) is 0 Å². The van der Waals surface area contributed by atoms with Crippen LogP contribution in [0.3, 0.4) is 0 Å². The molecule has 0 unspecified atom stereocenters. The lowest BCUT2D eigenvalue weighted by Crippen LogP contribution is -1.97. The van der Waals surface area contributed by atoms with Crippen LogP contribution in [0.1, 0.15) is 11.1 Å². The minimum Gasteiger partial charge on any atom is -0.492 e. The van der Waals surface area contributed by atoms with Crippen LogP contribution in [0.5, 0.6) is 5.88 Å². The molecule has 0 aliphatic carbocycles. The van der Waals surface area contributed by atoms with Crippen molar-refractivity contribution in [2.75, 3.05) is 0 Å². The normalized spacial score (nSPS) is 10.2. The summed E-state index contributed by atoms with van der Waals surface area (Å²) in [7, 11) is 0. The Kier molecular flexibility index (Phi) is 3.04. The number of nitriles is 1. The average molecular weight is 249 g/mol. The van der Waals surface area contributed by atoms with Gasteiger partial charge in [0.1, 0.15) is 17.4 Å². The van der Waals surface area contributed by atoms with Crippen molar-refractivity contribution in [1.29, 1.82) is 5.26 Å². The summed E-state index contributed by atoms with van der Waals surface area (Å²) < 4.78 is 17.4. The first kappa shape index (κ1) is 11.5. The standard InChI is InChI=1S/C11H8FN3OS/c12-9-3-6(4-13)1-2-7(9)10-8(5-14)11(16)15-17-10/h1-3H,4,13H2,(H,15,16). The van der Waals surface area contributed by atoms with Crippen molar-refractivity contribution in [3.8, 4) is 22.4 Å². The number of nitrogens with two attached hydrogens (primary N) is 1. The Hall–Kier alpha value is -1.97. The predicted octanol–water partition coefficient (Wildman–Crippen LogP) is 1.99. The Labute approximate surface area is 101 Å². The Balaban J connectivity index is 2.58. The maximum atomic E-state index is 13.8. The van der Waals surface area contributed by atoms with Crippen LogP contribution in [0.4, 0.5) is 4.39 Å². The molecule has 0 spiro atoms. The lowest BCUT2D eigenvalue weighted by Gasteiger charge is -2.02. The number of halogens is 1. The van der Waals surface area contributed by atoms with E-state index in [1.807, 2.05) is 0 Å². The van der Waals surface area contributed by atoms with E-state index in [2.05, 4.69) is 4.37 Å². The fourth-order valence-corrected chi connectivity index (χ4v) is 2.20. The zero-order valence-corrected chi connectivity index (χ0v) is 9.46. The zero-order valence-electron chi connectivity index (χ0n) is 8.64. The topological polar surface area (TPSA) is 82.9 Å². The summed E-state index contributed by atoms with van der Waals surface area (Å²) in [4.78, 5) is 0.325. The first-order valence-electron chi connectivity index (χ1n) is 4.75. The van der Waals surface area contributed by atoms with Crippen molar-refractivity contribution in [3.63, 3.8) is 0 Å². The predicted molar refractivity (Wildman–Crippen MR) is 61.8 cm³/mol. The number of aromatic hydroxyl groups is 1. The van der Waals surface area contributed by atoms with Gasteiger partial charge in [0.15, 0.2) is 0 Å². The van der Waals surface area contributed by atoms with Crippen molar-refractivity contribution in [2.45, 2.75) is 6.54 Å². The van der Waals surface area contributed by atoms with E-state index in [0.29, 0.717) is 10.4 Å². The molecule has 0 amide bonds. The van der Waals surface area contributed by atoms with Gasteiger partial charge in [-0.1, -0.05) is 12.1 Å². The molecule has 0 fully saturated rings. The highest BCUT2D eigenvalue weighted by atomic mass is 32.1. The van der Waals surface area contributed by atoms with Gasteiger partial charge in [-0.15, -0.1) is 0 Å². The van der Waals surface area contributed by atoms with Crippen molar-refractivity contribution in [1.82, 2.24) is 4.37 Å². The highest BCUT2D eigenvalue weighted by Crippen LogP contribution is 2.34. The van der Waals surface area contributed by atoms with Crippen LogP contribution in [0, 0.1) is 17.1 Å². The van der Waals surface area contributed by atoms with Crippen molar-refractivity contribution < 1.29 is 9.50 Å². The third-order valence-electron chi connectivity index (χ3n) is 2.30. The first-order valence-corrected chi connectivity index (χ1v) is 5.52. The molecular weight excluding hydrogens is 241 g/mol. The van der Waals surface area contributed by atoms with Gasteiger partial charge in [-0.05, 0) is 23.2 Å². The molecule has 1 aromatic heterocycles. The molecule has 1 heterocycles. The average Bonchev–Trinajstić information content (AvgIpc) is 2.70. The van der Waals surface area contributed by atoms with Crippen LogP contribution in [0.25, 0.3) is 10.4 Å². The summed E-state index contributed by atoms with van der Waals surface area (Å²) in [6.07, 6.45) is 0. The van der Waals surface area contributed by atoms with Gasteiger partial charge < -0.3 is 10.8 Å². The lowest BCUT2D eigenvalue weighted by molar-refractivity contribution is 0.458. The number of benzene rings is 1. The number of hydrogen-bond donors (Lipinski definition) is 2. The molecule has 0 saturated carbocycles. The molecule has 17 heavy (non-hydrogen) atoms. The second kappa shape index (κ2) is 4.49. The van der Waals surface area contributed by atoms with E-state index in [-0.39, 0.29) is 23.6 Å². The van der Waals surface area contributed by atoms with Gasteiger partial charge in [-0.25, -0.2) is 4.39 Å². The number of nitrogens with zero attached hydrogens (tertiary/aromatic N) is 2. The van der Waals surface area contributed by atoms with Gasteiger partial charge in [0, 0.05) is 12.1 Å². The number of aromatic nitrogens is 1. The first-order chi connectivity index (χ1) is 8.17. The molecule has 0 saturated heterocycles. The van der Waals surface area contributed by atoms with Gasteiger partial charge in [0.05, 0.1) is 4.88 Å². The van der Waals surface area contributed by atoms with Gasteiger partial charge in [-0.2, -0.15) is 9.64 Å². The molecule has 86 valence electrons. The molecule has 1 aromatic carbocycles. The minimum absolute atomic E-state index is 0.00519. The summed E-state index contributed by atoms with van der Waals surface area (Å²) in [6, 6.07) is 6.33. The Morgan fingerprint density at radius 2 is 2.29 bits per heavy atom. The summed E-state index contributed by atoms with van der Waals surface area (Å²) in [5, 5.41) is 18.2. The third kappa shape index (κ3) is 1.98. The fraction of sp³-hybridized carbons (Fsp3) is 0.0909. The molecule has 2 aromatic rings. The summed E-state index contributed by atoms with van der Waals surface area (Å²) in [5.74, 6) is -0.845. The highest BCUT2D eigenvalue weighted by molar-refractivity contribution is 7.10. The summed E-state index contributed by atoms with van der Waals surface area (Å²) >= 11 is 0.888. The van der Waals surface area contributed by atoms with E-state index in [1.54, 1.807) is 12.1 Å². The molecular formula is C11H8FN3OS. The third-order valence-corrected chi connectivity index (χ3v) is 3.17. The van der Waals surface area contributed by atoms with E-state index < -0.39 is 5.82 Å². The number of hydrogen-bond acceptors (Lipinski definition) is 5. The summed E-state index contributed by atoms with van der Waals surface area (Å²) in [5.41, 5.74) is 6.31. The molecule has 0 radical (unpaired) electrons. The molecule has 0 aliphatic heterocycles. The van der Waals surface area contributed by atoms with Crippen LogP contribution in [-0.2, 0) is 6.54 Å². The molecule has 6 heteroatoms. The lowest BCUT2D eigenvalue weighted by atomic mass is 10.1. The molecule has 0 bridgehead atoms. The monoisotopic (exact) mass is 249 g/mol. The van der Waals surface area contributed by atoms with Gasteiger partial charge >= 0.3 is 0 Å². The molecule has 2 rings (SSSR count). The van der Waals surface area contributed by atoms with Crippen molar-refractivity contribution >= 4 is 11.5 Å². The van der Waals surface area contributed by atoms with Crippen molar-refractivity contribution in [2.24, 2.45) is 5.73 Å². The maximum absolute atomic E-state index is 13.8. The fourth-order valence-electron chi connectivity index (χ4n) is 1.44. The van der Waals surface area contributed by atoms with Crippen LogP contribution < -0.4 is 5.73 Å². The Morgan fingerprint density at radius 1 is 1.53 bits per heavy atom. The van der Waals surface area contributed by atoms with Crippen LogP contribution in [0.15, 0.2) is 18.2 Å². The number of rotatable bonds is 2. The highest BCUT2D eigenvalue weighted by Gasteiger charge is 2.17. The Bertz CT molecular complexity index is 603. The maximum Gasteiger partial charge on any atom is 0.241 e.